The Morgan fingerprint density at radius 2 is 1.50 bits per heavy atom. The van der Waals surface area contributed by atoms with Gasteiger partial charge in [0.1, 0.15) is 21.7 Å². The van der Waals surface area contributed by atoms with E-state index in [9.17, 15) is 20.2 Å². The highest BCUT2D eigenvalue weighted by atomic mass is 35.5. The zero-order chi connectivity index (χ0) is 21.2. The number of nitrogens with zero attached hydrogens (tertiary/aromatic N) is 4. The summed E-state index contributed by atoms with van der Waals surface area (Å²) >= 11 is 13.1. The van der Waals surface area contributed by atoms with Gasteiger partial charge in [0.05, 0.1) is 37.7 Å². The van der Waals surface area contributed by atoms with Crippen molar-refractivity contribution in [2.75, 3.05) is 5.32 Å². The smallest absolute Gasteiger partial charge is 0.273 e. The summed E-state index contributed by atoms with van der Waals surface area (Å²) in [6, 6.07) is 8.14. The number of nitro benzene ring substituents is 2. The molecule has 4 aromatic rings. The normalized spacial score (nSPS) is 12.1. The maximum atomic E-state index is 11.0. The molecule has 0 saturated heterocycles. The quantitative estimate of drug-likeness (QED) is 0.207. The Hall–Kier alpha value is -3.76. The van der Waals surface area contributed by atoms with E-state index in [2.05, 4.69) is 15.3 Å². The van der Waals surface area contributed by atoms with Crippen LogP contribution in [0.25, 0.3) is 22.1 Å². The largest absolute Gasteiger partial charge is 0.451 e. The number of benzene rings is 3. The number of hydrogen-bond donors (Lipinski definition) is 1. The summed E-state index contributed by atoms with van der Waals surface area (Å²) in [5.41, 5.74) is 1.62. The highest BCUT2D eigenvalue weighted by Gasteiger charge is 2.28. The second-order valence-electron chi connectivity index (χ2n) is 6.35. The maximum absolute atomic E-state index is 11.0. The fraction of sp³-hybridized carbons (Fsp3) is 0. The van der Waals surface area contributed by atoms with E-state index in [1.807, 2.05) is 0 Å². The number of rotatable bonds is 2. The van der Waals surface area contributed by atoms with Crippen molar-refractivity contribution < 1.29 is 14.6 Å². The lowest BCUT2D eigenvalue weighted by Crippen LogP contribution is -2.06. The minimum atomic E-state index is -0.537. The van der Waals surface area contributed by atoms with Gasteiger partial charge in [-0.2, -0.15) is 0 Å². The van der Waals surface area contributed by atoms with Crippen LogP contribution in [0.3, 0.4) is 0 Å². The van der Waals surface area contributed by atoms with Crippen LogP contribution in [0.15, 0.2) is 36.4 Å². The van der Waals surface area contributed by atoms with Crippen LogP contribution in [-0.4, -0.2) is 19.8 Å². The van der Waals surface area contributed by atoms with Gasteiger partial charge in [-0.25, -0.2) is 9.97 Å². The molecule has 0 unspecified atom stereocenters. The minimum absolute atomic E-state index is 0.0989. The molecule has 30 heavy (non-hydrogen) atoms. The Balaban J connectivity index is 1.74. The van der Waals surface area contributed by atoms with Crippen LogP contribution in [0.5, 0.6) is 11.5 Å². The fourth-order valence-corrected chi connectivity index (χ4v) is 3.69. The molecule has 0 saturated carbocycles. The molecule has 10 nitrogen and oxygen atoms in total. The van der Waals surface area contributed by atoms with E-state index < -0.39 is 9.85 Å². The fourth-order valence-electron chi connectivity index (χ4n) is 3.16. The van der Waals surface area contributed by atoms with E-state index in [4.69, 9.17) is 27.9 Å². The van der Waals surface area contributed by atoms with Gasteiger partial charge in [-0.1, -0.05) is 23.2 Å². The van der Waals surface area contributed by atoms with E-state index in [1.165, 1.54) is 36.4 Å². The predicted molar refractivity (Wildman–Crippen MR) is 110 cm³/mol. The minimum Gasteiger partial charge on any atom is -0.451 e. The Labute approximate surface area is 176 Å². The third-order valence-corrected chi connectivity index (χ3v) is 5.29. The second kappa shape index (κ2) is 6.37. The first-order chi connectivity index (χ1) is 14.3. The molecule has 2 heterocycles. The number of halogens is 2. The number of nitro groups is 2. The molecule has 0 fully saturated rings. The van der Waals surface area contributed by atoms with E-state index in [-0.39, 0.29) is 49.5 Å². The number of aromatic nitrogens is 2. The molecule has 12 heteroatoms. The van der Waals surface area contributed by atoms with Gasteiger partial charge in [0.2, 0.25) is 0 Å². The average molecular weight is 444 g/mol. The monoisotopic (exact) mass is 443 g/mol. The third-order valence-electron chi connectivity index (χ3n) is 4.57. The average Bonchev–Trinajstić information content (AvgIpc) is 2.74. The zero-order valence-corrected chi connectivity index (χ0v) is 16.1. The molecule has 5 rings (SSSR count). The molecule has 0 bridgehead atoms. The van der Waals surface area contributed by atoms with Gasteiger partial charge in [0.15, 0.2) is 11.5 Å². The van der Waals surface area contributed by atoms with E-state index in [0.717, 1.165) is 0 Å². The molecular formula is C18H7Cl2N5O5. The standard InChI is InChI=1S/C18H7Cl2N5O5/c19-13-15-16(21-9-3-1-7(24(26)27)5-11(9)23-15)14(20)18-17(13)22-10-4-2-8(25(28)29)6-12(10)30-18/h1-6,22H. The van der Waals surface area contributed by atoms with Crippen molar-refractivity contribution in [3.8, 4) is 11.5 Å². The summed E-state index contributed by atoms with van der Waals surface area (Å²) < 4.78 is 5.81. The molecule has 0 radical (unpaired) electrons. The molecule has 0 aliphatic carbocycles. The van der Waals surface area contributed by atoms with Gasteiger partial charge < -0.3 is 10.1 Å². The number of ether oxygens (including phenoxy) is 1. The van der Waals surface area contributed by atoms with Crippen molar-refractivity contribution in [3.05, 3.63) is 66.7 Å². The number of hydrogen-bond acceptors (Lipinski definition) is 8. The Bertz CT molecular complexity index is 1440. The van der Waals surface area contributed by atoms with Gasteiger partial charge in [-0.05, 0) is 12.1 Å². The lowest BCUT2D eigenvalue weighted by Gasteiger charge is -2.24. The van der Waals surface area contributed by atoms with E-state index in [0.29, 0.717) is 16.9 Å². The van der Waals surface area contributed by atoms with E-state index >= 15 is 0 Å². The van der Waals surface area contributed by atoms with Crippen LogP contribution >= 0.6 is 23.2 Å². The molecule has 0 amide bonds. The first-order valence-electron chi connectivity index (χ1n) is 8.33. The third kappa shape index (κ3) is 2.65. The Morgan fingerprint density at radius 1 is 0.867 bits per heavy atom. The molecule has 1 N–H and O–H groups in total. The van der Waals surface area contributed by atoms with Crippen molar-refractivity contribution in [2.45, 2.75) is 0 Å². The van der Waals surface area contributed by atoms with Crippen LogP contribution in [0, 0.1) is 20.2 Å². The molecular weight excluding hydrogens is 437 g/mol. The van der Waals surface area contributed by atoms with Crippen molar-refractivity contribution in [1.29, 1.82) is 0 Å². The van der Waals surface area contributed by atoms with Gasteiger partial charge in [-0.15, -0.1) is 0 Å². The van der Waals surface area contributed by atoms with Crippen LogP contribution < -0.4 is 10.1 Å². The maximum Gasteiger partial charge on any atom is 0.273 e. The molecule has 3 aromatic carbocycles. The SMILES string of the molecule is O=[N+]([O-])c1ccc2c(c1)Oc1c(c(Cl)c3nc4cc([N+](=O)[O-])ccc4nc3c1Cl)N2. The number of nitrogens with one attached hydrogen (secondary N) is 1. The zero-order valence-electron chi connectivity index (χ0n) is 14.6. The summed E-state index contributed by atoms with van der Waals surface area (Å²) in [4.78, 5) is 29.9. The summed E-state index contributed by atoms with van der Waals surface area (Å²) in [6.07, 6.45) is 0. The van der Waals surface area contributed by atoms with Crippen LogP contribution in [0.1, 0.15) is 0 Å². The van der Waals surface area contributed by atoms with E-state index in [1.54, 1.807) is 0 Å². The van der Waals surface area contributed by atoms with Crippen LogP contribution in [0.2, 0.25) is 10.0 Å². The molecule has 148 valence electrons. The summed E-state index contributed by atoms with van der Waals surface area (Å²) in [7, 11) is 0. The topological polar surface area (TPSA) is 133 Å². The van der Waals surface area contributed by atoms with Gasteiger partial charge in [0.25, 0.3) is 11.4 Å². The van der Waals surface area contributed by atoms with Gasteiger partial charge >= 0.3 is 0 Å². The van der Waals surface area contributed by atoms with Crippen molar-refractivity contribution in [2.24, 2.45) is 0 Å². The first-order valence-corrected chi connectivity index (χ1v) is 9.09. The van der Waals surface area contributed by atoms with Crippen molar-refractivity contribution in [1.82, 2.24) is 9.97 Å². The lowest BCUT2D eigenvalue weighted by atomic mass is 10.1. The van der Waals surface area contributed by atoms with Gasteiger partial charge in [-0.3, -0.25) is 20.2 Å². The molecule has 1 aliphatic heterocycles. The predicted octanol–water partition coefficient (Wildman–Crippen LogP) is 5.76. The second-order valence-corrected chi connectivity index (χ2v) is 7.10. The molecule has 1 aliphatic rings. The number of non-ortho nitro benzene ring substituents is 2. The summed E-state index contributed by atoms with van der Waals surface area (Å²) in [6.45, 7) is 0. The van der Waals surface area contributed by atoms with Crippen molar-refractivity contribution >= 4 is 68.0 Å². The highest BCUT2D eigenvalue weighted by molar-refractivity contribution is 6.43. The highest BCUT2D eigenvalue weighted by Crippen LogP contribution is 2.52. The Morgan fingerprint density at radius 3 is 2.23 bits per heavy atom. The molecule has 0 spiro atoms. The number of anilines is 2. The summed E-state index contributed by atoms with van der Waals surface area (Å²) in [5.74, 6) is 0.358. The molecule has 0 atom stereocenters. The van der Waals surface area contributed by atoms with Crippen molar-refractivity contribution in [3.63, 3.8) is 0 Å². The number of fused-ring (bicyclic) bond motifs is 4. The molecule has 1 aromatic heterocycles. The van der Waals surface area contributed by atoms with Gasteiger partial charge in [0, 0.05) is 18.2 Å². The van der Waals surface area contributed by atoms with Crippen LogP contribution in [-0.2, 0) is 0 Å². The Kier molecular flexibility index (Phi) is 3.88. The first kappa shape index (κ1) is 18.3. The van der Waals surface area contributed by atoms with Crippen LogP contribution in [0.4, 0.5) is 22.7 Å². The lowest BCUT2D eigenvalue weighted by molar-refractivity contribution is -0.385. The summed E-state index contributed by atoms with van der Waals surface area (Å²) in [5, 5.41) is 25.4.